The first-order chi connectivity index (χ1) is 6.87. The van der Waals surface area contributed by atoms with Gasteiger partial charge in [-0.05, 0) is 19.9 Å². The molecule has 0 amide bonds. The molecule has 6 heteroatoms. The minimum Gasteiger partial charge on any atom is -0.462 e. The summed E-state index contributed by atoms with van der Waals surface area (Å²) in [6.45, 7) is 3.75. The lowest BCUT2D eigenvalue weighted by molar-refractivity contribution is 0.312. The second kappa shape index (κ2) is 4.57. The number of rotatable bonds is 4. The molecule has 0 atom stereocenters. The van der Waals surface area contributed by atoms with Gasteiger partial charge in [0.2, 0.25) is 0 Å². The van der Waals surface area contributed by atoms with Crippen molar-refractivity contribution in [3.8, 4) is 6.01 Å². The predicted molar refractivity (Wildman–Crippen MR) is 56.7 cm³/mol. The van der Waals surface area contributed by atoms with Gasteiger partial charge in [0, 0.05) is 17.6 Å². The number of hydrogen-bond donors (Lipinski definition) is 0. The van der Waals surface area contributed by atoms with E-state index in [1.165, 1.54) is 6.26 Å². The van der Waals surface area contributed by atoms with E-state index < -0.39 is 9.84 Å². The summed E-state index contributed by atoms with van der Waals surface area (Å²) in [4.78, 5) is 8.05. The third kappa shape index (κ3) is 4.73. The fourth-order valence-corrected chi connectivity index (χ4v) is 1.43. The second-order valence-corrected chi connectivity index (χ2v) is 5.67. The summed E-state index contributed by atoms with van der Waals surface area (Å²) >= 11 is 0. The fourth-order valence-electron chi connectivity index (χ4n) is 1.04. The van der Waals surface area contributed by atoms with Gasteiger partial charge in [0.1, 0.15) is 6.61 Å². The molecule has 0 unspecified atom stereocenters. The highest BCUT2D eigenvalue weighted by Gasteiger charge is 2.04. The smallest absolute Gasteiger partial charge is 0.316 e. The maximum atomic E-state index is 10.8. The lowest BCUT2D eigenvalue weighted by atomic mass is 10.4. The highest BCUT2D eigenvalue weighted by Crippen LogP contribution is 2.05. The molecule has 0 aliphatic carbocycles. The molecule has 84 valence electrons. The van der Waals surface area contributed by atoms with E-state index in [0.29, 0.717) is 0 Å². The average molecular weight is 230 g/mol. The van der Waals surface area contributed by atoms with E-state index in [0.717, 1.165) is 11.4 Å². The van der Waals surface area contributed by atoms with Crippen LogP contribution in [0, 0.1) is 13.8 Å². The lowest BCUT2D eigenvalue weighted by Crippen LogP contribution is -2.13. The van der Waals surface area contributed by atoms with E-state index in [2.05, 4.69) is 9.97 Å². The molecule has 1 aromatic heterocycles. The summed E-state index contributed by atoms with van der Waals surface area (Å²) in [6.07, 6.45) is 1.17. The van der Waals surface area contributed by atoms with E-state index in [4.69, 9.17) is 4.74 Å². The zero-order valence-electron chi connectivity index (χ0n) is 9.02. The van der Waals surface area contributed by atoms with Gasteiger partial charge in [-0.1, -0.05) is 0 Å². The molecular weight excluding hydrogens is 216 g/mol. The van der Waals surface area contributed by atoms with Gasteiger partial charge in [0.05, 0.1) is 5.75 Å². The first-order valence-electron chi connectivity index (χ1n) is 4.49. The van der Waals surface area contributed by atoms with Crippen molar-refractivity contribution >= 4 is 9.84 Å². The normalized spacial score (nSPS) is 11.4. The molecule has 0 bridgehead atoms. The summed E-state index contributed by atoms with van der Waals surface area (Å²) in [7, 11) is -3.00. The van der Waals surface area contributed by atoms with Gasteiger partial charge in [-0.2, -0.15) is 0 Å². The maximum Gasteiger partial charge on any atom is 0.316 e. The number of sulfone groups is 1. The molecule has 0 saturated carbocycles. The van der Waals surface area contributed by atoms with Crippen LogP contribution < -0.4 is 4.74 Å². The van der Waals surface area contributed by atoms with Crippen LogP contribution in [0.25, 0.3) is 0 Å². The molecule has 0 radical (unpaired) electrons. The summed E-state index contributed by atoms with van der Waals surface area (Å²) in [6, 6.07) is 2.06. The van der Waals surface area contributed by atoms with Gasteiger partial charge in [-0.15, -0.1) is 0 Å². The topological polar surface area (TPSA) is 69.2 Å². The minimum absolute atomic E-state index is 0.0245. The highest BCUT2D eigenvalue weighted by molar-refractivity contribution is 7.90. The largest absolute Gasteiger partial charge is 0.462 e. The van der Waals surface area contributed by atoms with Gasteiger partial charge >= 0.3 is 6.01 Å². The molecule has 0 saturated heterocycles. The maximum absolute atomic E-state index is 10.8. The first-order valence-corrected chi connectivity index (χ1v) is 6.56. The molecule has 0 N–H and O–H groups in total. The van der Waals surface area contributed by atoms with Crippen molar-refractivity contribution in [2.45, 2.75) is 13.8 Å². The molecule has 0 spiro atoms. The molecule has 0 aliphatic rings. The van der Waals surface area contributed by atoms with Crippen molar-refractivity contribution < 1.29 is 13.2 Å². The van der Waals surface area contributed by atoms with Crippen LogP contribution >= 0.6 is 0 Å². The van der Waals surface area contributed by atoms with Crippen LogP contribution in [0.3, 0.4) is 0 Å². The number of aryl methyl sites for hydroxylation is 2. The van der Waals surface area contributed by atoms with E-state index in [9.17, 15) is 8.42 Å². The lowest BCUT2D eigenvalue weighted by Gasteiger charge is -2.04. The van der Waals surface area contributed by atoms with Crippen molar-refractivity contribution in [2.24, 2.45) is 0 Å². The minimum atomic E-state index is -3.00. The molecule has 1 rings (SSSR count). The molecule has 1 heterocycles. The Kier molecular flexibility index (Phi) is 3.62. The SMILES string of the molecule is Cc1cc(C)nc(OCCS(C)(=O)=O)n1. The first kappa shape index (κ1) is 11.9. The van der Waals surface area contributed by atoms with Gasteiger partial charge < -0.3 is 4.74 Å². The number of hydrogen-bond acceptors (Lipinski definition) is 5. The zero-order valence-corrected chi connectivity index (χ0v) is 9.84. The number of nitrogens with zero attached hydrogens (tertiary/aromatic N) is 2. The average Bonchev–Trinajstić information content (AvgIpc) is 1.99. The van der Waals surface area contributed by atoms with Crippen LogP contribution in [0.2, 0.25) is 0 Å². The van der Waals surface area contributed by atoms with Crippen molar-refractivity contribution in [2.75, 3.05) is 18.6 Å². The van der Waals surface area contributed by atoms with Crippen LogP contribution in [0.15, 0.2) is 6.07 Å². The summed E-state index contributed by atoms with van der Waals surface area (Å²) < 4.78 is 26.8. The number of aromatic nitrogens is 2. The molecule has 0 aromatic carbocycles. The van der Waals surface area contributed by atoms with Crippen molar-refractivity contribution in [3.05, 3.63) is 17.5 Å². The van der Waals surface area contributed by atoms with Gasteiger partial charge in [-0.3, -0.25) is 0 Å². The van der Waals surface area contributed by atoms with E-state index >= 15 is 0 Å². The summed E-state index contributed by atoms with van der Waals surface area (Å²) in [5.41, 5.74) is 1.61. The molecule has 0 aliphatic heterocycles. The Labute approximate surface area is 89.4 Å². The summed E-state index contributed by atoms with van der Waals surface area (Å²) in [5, 5.41) is 0. The van der Waals surface area contributed by atoms with E-state index in [1.54, 1.807) is 0 Å². The van der Waals surface area contributed by atoms with Crippen molar-refractivity contribution in [1.29, 1.82) is 0 Å². The number of ether oxygens (including phenoxy) is 1. The summed E-state index contributed by atoms with van der Waals surface area (Å²) in [5.74, 6) is -0.0245. The van der Waals surface area contributed by atoms with Crippen molar-refractivity contribution in [3.63, 3.8) is 0 Å². The standard InChI is InChI=1S/C9H14N2O3S/c1-7-6-8(2)11-9(10-7)14-4-5-15(3,12)13/h6H,4-5H2,1-3H3. The Balaban J connectivity index is 2.58. The Morgan fingerprint density at radius 1 is 1.27 bits per heavy atom. The quantitative estimate of drug-likeness (QED) is 0.754. The van der Waals surface area contributed by atoms with Crippen LogP contribution in [0.1, 0.15) is 11.4 Å². The molecule has 1 aromatic rings. The van der Waals surface area contributed by atoms with E-state index in [-0.39, 0.29) is 18.4 Å². The van der Waals surface area contributed by atoms with Crippen LogP contribution in [-0.2, 0) is 9.84 Å². The monoisotopic (exact) mass is 230 g/mol. The van der Waals surface area contributed by atoms with E-state index in [1.807, 2.05) is 19.9 Å². The third-order valence-electron chi connectivity index (χ3n) is 1.65. The van der Waals surface area contributed by atoms with Crippen LogP contribution in [0.4, 0.5) is 0 Å². The van der Waals surface area contributed by atoms with Gasteiger partial charge in [0.15, 0.2) is 9.84 Å². The Bertz CT molecular complexity index is 422. The van der Waals surface area contributed by atoms with Gasteiger partial charge in [-0.25, -0.2) is 18.4 Å². The van der Waals surface area contributed by atoms with Gasteiger partial charge in [0.25, 0.3) is 0 Å². The van der Waals surface area contributed by atoms with Crippen LogP contribution in [-0.4, -0.2) is 37.0 Å². The third-order valence-corrected chi connectivity index (χ3v) is 2.56. The molecule has 5 nitrogen and oxygen atoms in total. The molecule has 15 heavy (non-hydrogen) atoms. The van der Waals surface area contributed by atoms with Crippen LogP contribution in [0.5, 0.6) is 6.01 Å². The Hall–Kier alpha value is -1.17. The predicted octanol–water partition coefficient (Wildman–Crippen LogP) is 0.517. The fraction of sp³-hybridized carbons (Fsp3) is 0.556. The Morgan fingerprint density at radius 3 is 2.27 bits per heavy atom. The highest BCUT2D eigenvalue weighted by atomic mass is 32.2. The second-order valence-electron chi connectivity index (χ2n) is 3.41. The zero-order chi connectivity index (χ0) is 11.5. The Morgan fingerprint density at radius 2 is 1.80 bits per heavy atom. The molecule has 0 fully saturated rings. The molecular formula is C9H14N2O3S. The van der Waals surface area contributed by atoms with Crippen molar-refractivity contribution in [1.82, 2.24) is 9.97 Å².